The van der Waals surface area contributed by atoms with Crippen LogP contribution in [0.25, 0.3) is 0 Å². The number of hydrogen-bond acceptors (Lipinski definition) is 4. The number of hydrogen-bond donors (Lipinski definition) is 1. The van der Waals surface area contributed by atoms with Crippen molar-refractivity contribution in [3.63, 3.8) is 0 Å². The maximum absolute atomic E-state index is 12.3. The maximum Gasteiger partial charge on any atom is 0.341 e. The van der Waals surface area contributed by atoms with Crippen LogP contribution in [-0.4, -0.2) is 19.0 Å². The first-order valence-electron chi connectivity index (χ1n) is 7.06. The molecule has 0 atom stereocenters. The van der Waals surface area contributed by atoms with Crippen LogP contribution in [0.5, 0.6) is 0 Å². The molecule has 2 aromatic rings. The highest BCUT2D eigenvalue weighted by Crippen LogP contribution is 2.33. The van der Waals surface area contributed by atoms with Crippen molar-refractivity contribution in [2.24, 2.45) is 0 Å². The number of rotatable bonds is 4. The van der Waals surface area contributed by atoms with Crippen molar-refractivity contribution in [1.29, 1.82) is 0 Å². The first kappa shape index (κ1) is 16.2. The fourth-order valence-corrected chi connectivity index (χ4v) is 3.17. The second-order valence-corrected chi connectivity index (χ2v) is 6.21. The smallest absolute Gasteiger partial charge is 0.341 e. The van der Waals surface area contributed by atoms with Crippen LogP contribution in [-0.2, 0) is 11.2 Å². The van der Waals surface area contributed by atoms with E-state index in [9.17, 15) is 9.59 Å². The Kier molecular flexibility index (Phi) is 4.98. The van der Waals surface area contributed by atoms with Crippen molar-refractivity contribution in [3.05, 3.63) is 51.4 Å². The van der Waals surface area contributed by atoms with Gasteiger partial charge in [-0.3, -0.25) is 4.79 Å². The summed E-state index contributed by atoms with van der Waals surface area (Å²) in [5, 5.41) is 3.35. The number of thiophene rings is 1. The van der Waals surface area contributed by atoms with Crippen LogP contribution >= 0.6 is 11.3 Å². The van der Waals surface area contributed by atoms with Crippen molar-refractivity contribution in [2.45, 2.75) is 27.2 Å². The standard InChI is InChI=1S/C17H19NO3S/c1-5-12-6-8-13(9-7-12)15(19)18-16-14(17(20)21-4)10(2)11(3)22-16/h6-9H,5H2,1-4H3,(H,18,19). The molecule has 1 amide bonds. The fourth-order valence-electron chi connectivity index (χ4n) is 2.13. The molecule has 0 saturated heterocycles. The van der Waals surface area contributed by atoms with E-state index in [0.717, 1.165) is 16.9 Å². The van der Waals surface area contributed by atoms with E-state index in [-0.39, 0.29) is 5.91 Å². The summed E-state index contributed by atoms with van der Waals surface area (Å²) in [6.45, 7) is 5.83. The topological polar surface area (TPSA) is 55.4 Å². The number of amides is 1. The summed E-state index contributed by atoms with van der Waals surface area (Å²) in [6, 6.07) is 7.45. The number of esters is 1. The average Bonchev–Trinajstić information content (AvgIpc) is 2.81. The van der Waals surface area contributed by atoms with Gasteiger partial charge >= 0.3 is 5.97 Å². The monoisotopic (exact) mass is 317 g/mol. The van der Waals surface area contributed by atoms with E-state index in [2.05, 4.69) is 12.2 Å². The van der Waals surface area contributed by atoms with Crippen molar-refractivity contribution in [3.8, 4) is 0 Å². The van der Waals surface area contributed by atoms with E-state index in [1.54, 1.807) is 12.1 Å². The quantitative estimate of drug-likeness (QED) is 0.868. The lowest BCUT2D eigenvalue weighted by atomic mass is 10.1. The second kappa shape index (κ2) is 6.75. The molecule has 0 saturated carbocycles. The average molecular weight is 317 g/mol. The molecule has 1 N–H and O–H groups in total. The van der Waals surface area contributed by atoms with Gasteiger partial charge in [-0.25, -0.2) is 4.79 Å². The fraction of sp³-hybridized carbons (Fsp3) is 0.294. The normalized spacial score (nSPS) is 10.4. The number of ether oxygens (including phenoxy) is 1. The number of methoxy groups -OCH3 is 1. The number of carbonyl (C=O) groups excluding carboxylic acids is 2. The van der Waals surface area contributed by atoms with E-state index in [1.807, 2.05) is 26.0 Å². The molecule has 0 aliphatic rings. The molecule has 1 aromatic heterocycles. The van der Waals surface area contributed by atoms with Gasteiger partial charge < -0.3 is 10.1 Å². The molecule has 5 heteroatoms. The van der Waals surface area contributed by atoms with E-state index >= 15 is 0 Å². The summed E-state index contributed by atoms with van der Waals surface area (Å²) in [7, 11) is 1.34. The SMILES string of the molecule is CCc1ccc(C(=O)Nc2sc(C)c(C)c2C(=O)OC)cc1. The molecule has 0 bridgehead atoms. The summed E-state index contributed by atoms with van der Waals surface area (Å²) in [6.07, 6.45) is 0.928. The summed E-state index contributed by atoms with van der Waals surface area (Å²) in [5.74, 6) is -0.660. The molecule has 0 aliphatic carbocycles. The lowest BCUT2D eigenvalue weighted by Crippen LogP contribution is -2.14. The van der Waals surface area contributed by atoms with Crippen molar-refractivity contribution < 1.29 is 14.3 Å². The molecular weight excluding hydrogens is 298 g/mol. The molecule has 1 aromatic carbocycles. The van der Waals surface area contributed by atoms with Gasteiger partial charge in [0.25, 0.3) is 5.91 Å². The predicted octanol–water partition coefficient (Wildman–Crippen LogP) is 3.97. The molecule has 4 nitrogen and oxygen atoms in total. The minimum Gasteiger partial charge on any atom is -0.465 e. The molecule has 116 valence electrons. The van der Waals surface area contributed by atoms with Gasteiger partial charge in [0.15, 0.2) is 0 Å². The van der Waals surface area contributed by atoms with Gasteiger partial charge in [0.2, 0.25) is 0 Å². The summed E-state index contributed by atoms with van der Waals surface area (Å²) in [5.41, 5.74) is 3.02. The second-order valence-electron chi connectivity index (χ2n) is 4.98. The van der Waals surface area contributed by atoms with Gasteiger partial charge in [-0.05, 0) is 43.5 Å². The molecule has 0 unspecified atom stereocenters. The Morgan fingerprint density at radius 2 is 1.82 bits per heavy atom. The van der Waals surface area contributed by atoms with Crippen LogP contribution in [0.4, 0.5) is 5.00 Å². The van der Waals surface area contributed by atoms with E-state index in [4.69, 9.17) is 4.74 Å². The zero-order valence-electron chi connectivity index (χ0n) is 13.1. The summed E-state index contributed by atoms with van der Waals surface area (Å²) in [4.78, 5) is 25.2. The molecule has 0 fully saturated rings. The summed E-state index contributed by atoms with van der Waals surface area (Å²) < 4.78 is 4.81. The molecule has 22 heavy (non-hydrogen) atoms. The van der Waals surface area contributed by atoms with Gasteiger partial charge in [-0.15, -0.1) is 11.3 Å². The lowest BCUT2D eigenvalue weighted by Gasteiger charge is -2.07. The Balaban J connectivity index is 2.28. The first-order chi connectivity index (χ1) is 10.5. The minimum atomic E-state index is -0.432. The number of anilines is 1. The molecule has 2 rings (SSSR count). The third-order valence-electron chi connectivity index (χ3n) is 3.63. The van der Waals surface area contributed by atoms with E-state index in [1.165, 1.54) is 24.0 Å². The minimum absolute atomic E-state index is 0.228. The maximum atomic E-state index is 12.3. The summed E-state index contributed by atoms with van der Waals surface area (Å²) >= 11 is 1.38. The molecular formula is C17H19NO3S. The molecule has 0 aliphatic heterocycles. The highest BCUT2D eigenvalue weighted by molar-refractivity contribution is 7.16. The van der Waals surface area contributed by atoms with Crippen LogP contribution in [0.1, 0.15) is 43.6 Å². The zero-order valence-corrected chi connectivity index (χ0v) is 14.0. The van der Waals surface area contributed by atoms with E-state index in [0.29, 0.717) is 16.1 Å². The number of carbonyl (C=O) groups is 2. The Morgan fingerprint density at radius 1 is 1.18 bits per heavy atom. The number of nitrogens with one attached hydrogen (secondary N) is 1. The van der Waals surface area contributed by atoms with Gasteiger partial charge in [0, 0.05) is 10.4 Å². The van der Waals surface area contributed by atoms with Crippen molar-refractivity contribution in [1.82, 2.24) is 0 Å². The van der Waals surface area contributed by atoms with Crippen LogP contribution in [0.15, 0.2) is 24.3 Å². The zero-order chi connectivity index (χ0) is 16.3. The molecule has 0 radical (unpaired) electrons. The number of benzene rings is 1. The predicted molar refractivity (Wildman–Crippen MR) is 88.9 cm³/mol. The molecule has 1 heterocycles. The first-order valence-corrected chi connectivity index (χ1v) is 7.88. The van der Waals surface area contributed by atoms with Gasteiger partial charge in [-0.2, -0.15) is 0 Å². The van der Waals surface area contributed by atoms with Crippen LogP contribution in [0, 0.1) is 13.8 Å². The lowest BCUT2D eigenvalue weighted by molar-refractivity contribution is 0.0601. The van der Waals surface area contributed by atoms with Crippen LogP contribution < -0.4 is 5.32 Å². The highest BCUT2D eigenvalue weighted by Gasteiger charge is 2.21. The highest BCUT2D eigenvalue weighted by atomic mass is 32.1. The van der Waals surface area contributed by atoms with Crippen LogP contribution in [0.3, 0.4) is 0 Å². The largest absolute Gasteiger partial charge is 0.465 e. The Morgan fingerprint density at radius 3 is 2.36 bits per heavy atom. The van der Waals surface area contributed by atoms with Crippen molar-refractivity contribution >= 4 is 28.2 Å². The Hall–Kier alpha value is -2.14. The van der Waals surface area contributed by atoms with Gasteiger partial charge in [0.05, 0.1) is 12.7 Å². The Bertz CT molecular complexity index is 701. The third-order valence-corrected chi connectivity index (χ3v) is 4.75. The van der Waals surface area contributed by atoms with E-state index < -0.39 is 5.97 Å². The number of aryl methyl sites for hydroxylation is 2. The van der Waals surface area contributed by atoms with Gasteiger partial charge in [-0.1, -0.05) is 19.1 Å². The van der Waals surface area contributed by atoms with Crippen LogP contribution in [0.2, 0.25) is 0 Å². The third kappa shape index (κ3) is 3.20. The van der Waals surface area contributed by atoms with Crippen molar-refractivity contribution in [2.75, 3.05) is 12.4 Å². The molecule has 0 spiro atoms. The van der Waals surface area contributed by atoms with Gasteiger partial charge in [0.1, 0.15) is 5.00 Å². The Labute approximate surface area is 134 Å².